The summed E-state index contributed by atoms with van der Waals surface area (Å²) in [7, 11) is -1.70. The molecule has 3 nitrogen and oxygen atoms in total. The molecule has 0 aliphatic rings. The van der Waals surface area contributed by atoms with E-state index < -0.39 is 12.9 Å². The van der Waals surface area contributed by atoms with Gasteiger partial charge in [0.1, 0.15) is 11.9 Å². The molecule has 0 heterocycles. The van der Waals surface area contributed by atoms with Crippen LogP contribution in [0.4, 0.5) is 4.39 Å². The van der Waals surface area contributed by atoms with E-state index in [4.69, 9.17) is 15.3 Å². The number of halogens is 1. The lowest BCUT2D eigenvalue weighted by Crippen LogP contribution is -2.30. The maximum absolute atomic E-state index is 12.8. The van der Waals surface area contributed by atoms with E-state index >= 15 is 0 Å². The minimum atomic E-state index is -1.70. The Kier molecular flexibility index (Phi) is 5.53. The molecular formula is C9H11BFNO2. The molecule has 0 atom stereocenters. The first-order valence-corrected chi connectivity index (χ1v) is 4.21. The van der Waals surface area contributed by atoms with E-state index in [0.717, 1.165) is 6.07 Å². The second-order valence-electron chi connectivity index (χ2n) is 2.22. The summed E-state index contributed by atoms with van der Waals surface area (Å²) < 4.78 is 12.8. The van der Waals surface area contributed by atoms with Gasteiger partial charge in [-0.15, -0.1) is 0 Å². The van der Waals surface area contributed by atoms with Gasteiger partial charge in [-0.25, -0.2) is 4.39 Å². The van der Waals surface area contributed by atoms with Gasteiger partial charge in [-0.1, -0.05) is 19.9 Å². The number of nitrogens with zero attached hydrogens (tertiary/aromatic N) is 1. The zero-order valence-corrected chi connectivity index (χ0v) is 8.03. The summed E-state index contributed by atoms with van der Waals surface area (Å²) in [6, 6.07) is 5.03. The summed E-state index contributed by atoms with van der Waals surface area (Å²) in [6.07, 6.45) is 0. The third kappa shape index (κ3) is 3.17. The molecule has 0 saturated heterocycles. The third-order valence-corrected chi connectivity index (χ3v) is 1.41. The van der Waals surface area contributed by atoms with Crippen molar-refractivity contribution < 1.29 is 14.4 Å². The van der Waals surface area contributed by atoms with Crippen molar-refractivity contribution in [1.82, 2.24) is 0 Å². The lowest BCUT2D eigenvalue weighted by molar-refractivity contribution is 0.425. The minimum Gasteiger partial charge on any atom is -0.423 e. The van der Waals surface area contributed by atoms with Crippen LogP contribution in [0.1, 0.15) is 19.4 Å². The molecule has 0 unspecified atom stereocenters. The molecule has 0 fully saturated rings. The fourth-order valence-electron chi connectivity index (χ4n) is 0.783. The molecular weight excluding hydrogens is 184 g/mol. The molecule has 1 rings (SSSR count). The third-order valence-electron chi connectivity index (χ3n) is 1.41. The van der Waals surface area contributed by atoms with Crippen LogP contribution in [0.3, 0.4) is 0 Å². The van der Waals surface area contributed by atoms with Crippen molar-refractivity contribution in [2.24, 2.45) is 0 Å². The highest BCUT2D eigenvalue weighted by molar-refractivity contribution is 6.58. The number of benzene rings is 1. The lowest BCUT2D eigenvalue weighted by Gasteiger charge is -1.98. The molecule has 0 saturated carbocycles. The Morgan fingerprint density at radius 3 is 2.29 bits per heavy atom. The predicted molar refractivity (Wildman–Crippen MR) is 52.3 cm³/mol. The Labute approximate surface area is 82.6 Å². The van der Waals surface area contributed by atoms with Crippen molar-refractivity contribution in [1.29, 1.82) is 5.26 Å². The largest absolute Gasteiger partial charge is 0.488 e. The first kappa shape index (κ1) is 12.6. The predicted octanol–water partition coefficient (Wildman–Crippen LogP) is 0.403. The quantitative estimate of drug-likeness (QED) is 0.637. The normalized spacial score (nSPS) is 8.29. The van der Waals surface area contributed by atoms with Gasteiger partial charge in [0.2, 0.25) is 0 Å². The van der Waals surface area contributed by atoms with E-state index in [2.05, 4.69) is 0 Å². The van der Waals surface area contributed by atoms with Gasteiger partial charge in [0.15, 0.2) is 0 Å². The maximum Gasteiger partial charge on any atom is 0.488 e. The van der Waals surface area contributed by atoms with E-state index in [9.17, 15) is 4.39 Å². The van der Waals surface area contributed by atoms with Gasteiger partial charge in [0.25, 0.3) is 0 Å². The van der Waals surface area contributed by atoms with E-state index in [1.807, 2.05) is 13.8 Å². The van der Waals surface area contributed by atoms with Crippen LogP contribution in [0, 0.1) is 17.1 Å². The fourth-order valence-corrected chi connectivity index (χ4v) is 0.783. The highest BCUT2D eigenvalue weighted by atomic mass is 19.1. The molecule has 0 aliphatic heterocycles. The molecule has 0 spiro atoms. The molecule has 0 aliphatic carbocycles. The Morgan fingerprint density at radius 2 is 1.93 bits per heavy atom. The Morgan fingerprint density at radius 1 is 1.36 bits per heavy atom. The maximum atomic E-state index is 12.8. The van der Waals surface area contributed by atoms with Gasteiger partial charge in [-0.05, 0) is 17.6 Å². The molecule has 14 heavy (non-hydrogen) atoms. The number of rotatable bonds is 1. The highest BCUT2D eigenvalue weighted by Crippen LogP contribution is 2.02. The van der Waals surface area contributed by atoms with Crippen molar-refractivity contribution in [3.8, 4) is 6.07 Å². The van der Waals surface area contributed by atoms with Crippen molar-refractivity contribution >= 4 is 12.6 Å². The fraction of sp³-hybridized carbons (Fsp3) is 0.222. The molecule has 5 heteroatoms. The summed E-state index contributed by atoms with van der Waals surface area (Å²) in [6.45, 7) is 4.00. The first-order chi connectivity index (χ1) is 6.65. The Hall–Kier alpha value is -1.38. The van der Waals surface area contributed by atoms with Crippen molar-refractivity contribution in [3.63, 3.8) is 0 Å². The Balaban J connectivity index is 0.000000791. The van der Waals surface area contributed by atoms with Gasteiger partial charge in [0.05, 0.1) is 5.56 Å². The first-order valence-electron chi connectivity index (χ1n) is 4.21. The van der Waals surface area contributed by atoms with E-state index in [-0.39, 0.29) is 11.0 Å². The SMILES string of the molecule is CC.N#Cc1ccc(B(O)O)cc1F. The summed E-state index contributed by atoms with van der Waals surface area (Å²) in [5.74, 6) is -0.747. The molecule has 0 amide bonds. The van der Waals surface area contributed by atoms with E-state index in [1.165, 1.54) is 12.1 Å². The monoisotopic (exact) mass is 195 g/mol. The second-order valence-corrected chi connectivity index (χ2v) is 2.22. The topological polar surface area (TPSA) is 64.2 Å². The van der Waals surface area contributed by atoms with Gasteiger partial charge < -0.3 is 10.0 Å². The second kappa shape index (κ2) is 6.14. The van der Waals surface area contributed by atoms with E-state index in [1.54, 1.807) is 6.07 Å². The average molecular weight is 195 g/mol. The number of hydrogen-bond donors (Lipinski definition) is 2. The van der Waals surface area contributed by atoms with Crippen LogP contribution in [0.25, 0.3) is 0 Å². The van der Waals surface area contributed by atoms with Crippen LogP contribution < -0.4 is 5.46 Å². The minimum absolute atomic E-state index is 0.0338. The average Bonchev–Trinajstić information content (AvgIpc) is 2.20. The van der Waals surface area contributed by atoms with Crippen LogP contribution in [0.5, 0.6) is 0 Å². The van der Waals surface area contributed by atoms with Crippen LogP contribution >= 0.6 is 0 Å². The van der Waals surface area contributed by atoms with Crippen molar-refractivity contribution in [3.05, 3.63) is 29.6 Å². The number of hydrogen-bond acceptors (Lipinski definition) is 3. The van der Waals surface area contributed by atoms with Crippen molar-refractivity contribution in [2.75, 3.05) is 0 Å². The summed E-state index contributed by atoms with van der Waals surface area (Å²) in [5, 5.41) is 25.6. The molecule has 0 bridgehead atoms. The highest BCUT2D eigenvalue weighted by Gasteiger charge is 2.12. The standard InChI is InChI=1S/C7H5BFNO2.C2H6/c9-7-3-6(8(11)12)2-1-5(7)4-10;1-2/h1-3,11-12H;1-2H3. The molecule has 1 aromatic rings. The van der Waals surface area contributed by atoms with E-state index in [0.29, 0.717) is 0 Å². The van der Waals surface area contributed by atoms with Gasteiger partial charge in [0, 0.05) is 0 Å². The molecule has 2 N–H and O–H groups in total. The molecule has 1 aromatic carbocycles. The van der Waals surface area contributed by atoms with Crippen molar-refractivity contribution in [2.45, 2.75) is 13.8 Å². The summed E-state index contributed by atoms with van der Waals surface area (Å²) >= 11 is 0. The van der Waals surface area contributed by atoms with Gasteiger partial charge in [-0.2, -0.15) is 5.26 Å². The van der Waals surface area contributed by atoms with Crippen LogP contribution in [0.2, 0.25) is 0 Å². The smallest absolute Gasteiger partial charge is 0.423 e. The van der Waals surface area contributed by atoms with Crippen LogP contribution in [-0.2, 0) is 0 Å². The number of nitriles is 1. The molecule has 0 aromatic heterocycles. The van der Waals surface area contributed by atoms with Gasteiger partial charge >= 0.3 is 7.12 Å². The molecule has 0 radical (unpaired) electrons. The zero-order chi connectivity index (χ0) is 11.1. The Bertz CT molecular complexity index is 336. The van der Waals surface area contributed by atoms with Gasteiger partial charge in [-0.3, -0.25) is 0 Å². The summed E-state index contributed by atoms with van der Waals surface area (Å²) in [5.41, 5.74) is -0.0779. The molecule has 74 valence electrons. The lowest BCUT2D eigenvalue weighted by atomic mass is 9.80. The van der Waals surface area contributed by atoms with Crippen LogP contribution in [0.15, 0.2) is 18.2 Å². The summed E-state index contributed by atoms with van der Waals surface area (Å²) in [4.78, 5) is 0. The van der Waals surface area contributed by atoms with Crippen LogP contribution in [-0.4, -0.2) is 17.2 Å². The zero-order valence-electron chi connectivity index (χ0n) is 8.03.